The zero-order valence-electron chi connectivity index (χ0n) is 18.5. The molecule has 0 aliphatic heterocycles. The SMILES string of the molecule is O=C(CCCCBr)N[C@@H](c1ccccc1)[C@@H](NC(=O)OCc1ccccc1)c1ccccc1. The Morgan fingerprint density at radius 1 is 0.727 bits per heavy atom. The van der Waals surface area contributed by atoms with Gasteiger partial charge in [-0.1, -0.05) is 107 Å². The Morgan fingerprint density at radius 3 is 1.79 bits per heavy atom. The lowest BCUT2D eigenvalue weighted by Gasteiger charge is -2.29. The van der Waals surface area contributed by atoms with Gasteiger partial charge >= 0.3 is 6.09 Å². The molecule has 0 saturated carbocycles. The van der Waals surface area contributed by atoms with Gasteiger partial charge in [0, 0.05) is 11.8 Å². The van der Waals surface area contributed by atoms with Crippen LogP contribution in [0.1, 0.15) is 48.0 Å². The molecule has 2 N–H and O–H groups in total. The van der Waals surface area contributed by atoms with E-state index in [-0.39, 0.29) is 12.5 Å². The number of alkyl carbamates (subject to hydrolysis) is 1. The lowest BCUT2D eigenvalue weighted by atomic mass is 9.93. The van der Waals surface area contributed by atoms with Crippen LogP contribution in [0.4, 0.5) is 4.79 Å². The van der Waals surface area contributed by atoms with Crippen molar-refractivity contribution in [3.8, 4) is 0 Å². The highest BCUT2D eigenvalue weighted by Crippen LogP contribution is 2.29. The molecule has 0 bridgehead atoms. The van der Waals surface area contributed by atoms with Gasteiger partial charge in [-0.3, -0.25) is 4.79 Å². The number of halogens is 1. The van der Waals surface area contributed by atoms with Crippen molar-refractivity contribution in [1.82, 2.24) is 10.6 Å². The molecule has 172 valence electrons. The fourth-order valence-electron chi connectivity index (χ4n) is 3.56. The van der Waals surface area contributed by atoms with Gasteiger partial charge in [0.05, 0.1) is 12.1 Å². The Morgan fingerprint density at radius 2 is 1.24 bits per heavy atom. The van der Waals surface area contributed by atoms with E-state index in [0.29, 0.717) is 6.42 Å². The number of hydrogen-bond donors (Lipinski definition) is 2. The molecule has 0 aliphatic carbocycles. The molecular weight excluding hydrogens is 480 g/mol. The van der Waals surface area contributed by atoms with Crippen molar-refractivity contribution >= 4 is 27.9 Å². The molecule has 2 amide bonds. The Kier molecular flexibility index (Phi) is 9.98. The molecule has 0 radical (unpaired) electrons. The van der Waals surface area contributed by atoms with Crippen LogP contribution in [0.3, 0.4) is 0 Å². The summed E-state index contributed by atoms with van der Waals surface area (Å²) in [4.78, 5) is 25.5. The van der Waals surface area contributed by atoms with Crippen LogP contribution < -0.4 is 10.6 Å². The fraction of sp³-hybridized carbons (Fsp3) is 0.259. The van der Waals surface area contributed by atoms with Gasteiger partial charge in [0.25, 0.3) is 0 Å². The van der Waals surface area contributed by atoms with Gasteiger partial charge in [-0.15, -0.1) is 0 Å². The average Bonchev–Trinajstić information content (AvgIpc) is 2.87. The molecule has 0 heterocycles. The van der Waals surface area contributed by atoms with Crippen LogP contribution in [0.5, 0.6) is 0 Å². The molecule has 0 aliphatic rings. The van der Waals surface area contributed by atoms with Gasteiger partial charge in [0.1, 0.15) is 6.61 Å². The zero-order chi connectivity index (χ0) is 23.3. The van der Waals surface area contributed by atoms with Gasteiger partial charge in [-0.05, 0) is 29.5 Å². The maximum absolute atomic E-state index is 12.8. The van der Waals surface area contributed by atoms with Crippen molar-refractivity contribution in [3.63, 3.8) is 0 Å². The molecule has 0 spiro atoms. The molecule has 2 atom stereocenters. The zero-order valence-corrected chi connectivity index (χ0v) is 20.0. The van der Waals surface area contributed by atoms with E-state index in [1.54, 1.807) is 0 Å². The van der Waals surface area contributed by atoms with Crippen molar-refractivity contribution in [2.45, 2.75) is 38.0 Å². The molecule has 3 aromatic rings. The summed E-state index contributed by atoms with van der Waals surface area (Å²) in [6, 6.07) is 27.9. The lowest BCUT2D eigenvalue weighted by molar-refractivity contribution is -0.122. The molecule has 6 heteroatoms. The smallest absolute Gasteiger partial charge is 0.408 e. The first-order valence-corrected chi connectivity index (χ1v) is 12.2. The van der Waals surface area contributed by atoms with Crippen LogP contribution >= 0.6 is 15.9 Å². The minimum Gasteiger partial charge on any atom is -0.445 e. The number of nitrogens with one attached hydrogen (secondary N) is 2. The fourth-order valence-corrected chi connectivity index (χ4v) is 3.95. The third-order valence-electron chi connectivity index (χ3n) is 5.24. The second-order valence-electron chi connectivity index (χ2n) is 7.70. The summed E-state index contributed by atoms with van der Waals surface area (Å²) in [7, 11) is 0. The number of rotatable bonds is 11. The first-order chi connectivity index (χ1) is 16.2. The summed E-state index contributed by atoms with van der Waals surface area (Å²) in [6.45, 7) is 0.170. The van der Waals surface area contributed by atoms with E-state index in [1.165, 1.54) is 0 Å². The molecule has 5 nitrogen and oxygen atoms in total. The Balaban J connectivity index is 1.81. The highest BCUT2D eigenvalue weighted by Gasteiger charge is 2.28. The van der Waals surface area contributed by atoms with Gasteiger partial charge in [0.15, 0.2) is 0 Å². The van der Waals surface area contributed by atoms with E-state index in [9.17, 15) is 9.59 Å². The number of alkyl halides is 1. The van der Waals surface area contributed by atoms with Crippen molar-refractivity contribution < 1.29 is 14.3 Å². The predicted octanol–water partition coefficient (Wildman–Crippen LogP) is 6.08. The summed E-state index contributed by atoms with van der Waals surface area (Å²) in [5, 5.41) is 7.00. The third-order valence-corrected chi connectivity index (χ3v) is 5.80. The van der Waals surface area contributed by atoms with Crippen molar-refractivity contribution in [2.75, 3.05) is 5.33 Å². The molecule has 3 aromatic carbocycles. The summed E-state index contributed by atoms with van der Waals surface area (Å²) in [6.07, 6.45) is 1.60. The molecule has 3 rings (SSSR count). The van der Waals surface area contributed by atoms with E-state index in [0.717, 1.165) is 34.9 Å². The van der Waals surface area contributed by atoms with Crippen LogP contribution in [0.2, 0.25) is 0 Å². The summed E-state index contributed by atoms with van der Waals surface area (Å²) in [5.74, 6) is -0.0508. The van der Waals surface area contributed by atoms with Crippen LogP contribution in [0, 0.1) is 0 Å². The van der Waals surface area contributed by atoms with Crippen molar-refractivity contribution in [1.29, 1.82) is 0 Å². The molecule has 33 heavy (non-hydrogen) atoms. The van der Waals surface area contributed by atoms with E-state index in [2.05, 4.69) is 26.6 Å². The number of carbonyl (C=O) groups excluding carboxylic acids is 2. The molecule has 0 unspecified atom stereocenters. The Labute approximate surface area is 203 Å². The number of carbonyl (C=O) groups is 2. The third kappa shape index (κ3) is 8.06. The minimum atomic E-state index is -0.540. The van der Waals surface area contributed by atoms with Gasteiger partial charge in [-0.25, -0.2) is 4.79 Å². The molecule has 0 aromatic heterocycles. The monoisotopic (exact) mass is 508 g/mol. The van der Waals surface area contributed by atoms with Crippen LogP contribution in [-0.4, -0.2) is 17.3 Å². The Bertz CT molecular complexity index is 984. The van der Waals surface area contributed by atoms with E-state index in [1.807, 2.05) is 91.0 Å². The van der Waals surface area contributed by atoms with Crippen molar-refractivity contribution in [2.24, 2.45) is 0 Å². The Hall–Kier alpha value is -3.12. The van der Waals surface area contributed by atoms with Crippen molar-refractivity contribution in [3.05, 3.63) is 108 Å². The van der Waals surface area contributed by atoms with E-state index >= 15 is 0 Å². The van der Waals surface area contributed by atoms with E-state index in [4.69, 9.17) is 4.74 Å². The van der Waals surface area contributed by atoms with Gasteiger partial charge < -0.3 is 15.4 Å². The first kappa shape index (κ1) is 24.5. The molecular formula is C27H29BrN2O3. The maximum Gasteiger partial charge on any atom is 0.408 e. The predicted molar refractivity (Wildman–Crippen MR) is 134 cm³/mol. The standard InChI is InChI=1S/C27H29BrN2O3/c28-19-11-10-18-24(31)29-25(22-14-6-2-7-15-22)26(23-16-8-3-9-17-23)30-27(32)33-20-21-12-4-1-5-13-21/h1-9,12-17,25-26H,10-11,18-20H2,(H,29,31)(H,30,32)/t25-,26-/m0/s1. The van der Waals surface area contributed by atoms with Gasteiger partial charge in [0.2, 0.25) is 5.91 Å². The number of ether oxygens (including phenoxy) is 1. The van der Waals surface area contributed by atoms with Crippen LogP contribution in [0.15, 0.2) is 91.0 Å². The quantitative estimate of drug-likeness (QED) is 0.243. The maximum atomic E-state index is 12.8. The second-order valence-corrected chi connectivity index (χ2v) is 8.49. The number of amides is 2. The normalized spacial score (nSPS) is 12.4. The highest BCUT2D eigenvalue weighted by atomic mass is 79.9. The number of benzene rings is 3. The summed E-state index contributed by atoms with van der Waals surface area (Å²) < 4.78 is 5.48. The van der Waals surface area contributed by atoms with Crippen LogP contribution in [0.25, 0.3) is 0 Å². The first-order valence-electron chi connectivity index (χ1n) is 11.1. The second kappa shape index (κ2) is 13.4. The van der Waals surface area contributed by atoms with Crippen LogP contribution in [-0.2, 0) is 16.1 Å². The summed E-state index contributed by atoms with van der Waals surface area (Å²) >= 11 is 3.41. The largest absolute Gasteiger partial charge is 0.445 e. The summed E-state index contributed by atoms with van der Waals surface area (Å²) in [5.41, 5.74) is 2.69. The minimum absolute atomic E-state index is 0.0508. The lowest BCUT2D eigenvalue weighted by Crippen LogP contribution is -2.41. The van der Waals surface area contributed by atoms with Gasteiger partial charge in [-0.2, -0.15) is 0 Å². The number of hydrogen-bond acceptors (Lipinski definition) is 3. The molecule has 0 fully saturated rings. The topological polar surface area (TPSA) is 67.4 Å². The highest BCUT2D eigenvalue weighted by molar-refractivity contribution is 9.09. The average molecular weight is 509 g/mol. The number of unbranched alkanes of at least 4 members (excludes halogenated alkanes) is 1. The molecule has 0 saturated heterocycles. The van der Waals surface area contributed by atoms with E-state index < -0.39 is 18.2 Å².